The number of ether oxygens (including phenoxy) is 2. The maximum atomic E-state index is 12.8. The van der Waals surface area contributed by atoms with E-state index in [0.717, 1.165) is 22.6 Å². The Morgan fingerprint density at radius 1 is 1.17 bits per heavy atom. The lowest BCUT2D eigenvalue weighted by Crippen LogP contribution is -2.30. The first-order valence-electron chi connectivity index (χ1n) is 7.62. The van der Waals surface area contributed by atoms with Gasteiger partial charge in [-0.15, -0.1) is 12.4 Å². The molecule has 0 aliphatic carbocycles. The van der Waals surface area contributed by atoms with Gasteiger partial charge in [0.1, 0.15) is 0 Å². The Hall–Kier alpha value is -2.40. The van der Waals surface area contributed by atoms with E-state index in [2.05, 4.69) is 0 Å². The fourth-order valence-corrected chi connectivity index (χ4v) is 2.63. The van der Waals surface area contributed by atoms with Gasteiger partial charge in [0, 0.05) is 24.3 Å². The zero-order valence-electron chi connectivity index (χ0n) is 13.7. The largest absolute Gasteiger partial charge is 0.454 e. The summed E-state index contributed by atoms with van der Waals surface area (Å²) in [4.78, 5) is 14.6. The maximum absolute atomic E-state index is 12.8. The van der Waals surface area contributed by atoms with Crippen molar-refractivity contribution in [3.8, 4) is 11.5 Å². The number of carbonyl (C=O) groups is 1. The molecule has 1 aliphatic heterocycles. The summed E-state index contributed by atoms with van der Waals surface area (Å²) in [5, 5.41) is 0. The van der Waals surface area contributed by atoms with Gasteiger partial charge in [0.25, 0.3) is 5.91 Å². The van der Waals surface area contributed by atoms with E-state index in [9.17, 15) is 4.79 Å². The van der Waals surface area contributed by atoms with Crippen LogP contribution in [0.4, 0.5) is 5.69 Å². The SMILES string of the molecule is CCN(Cc1ccc2c(c1)OCO2)C(=O)c1cc(N)ccc1C.Cl. The molecule has 128 valence electrons. The minimum absolute atomic E-state index is 0. The van der Waals surface area contributed by atoms with Gasteiger partial charge in [-0.05, 0) is 49.2 Å². The highest BCUT2D eigenvalue weighted by molar-refractivity contribution is 5.96. The van der Waals surface area contributed by atoms with Crippen LogP contribution in [0.2, 0.25) is 0 Å². The molecule has 0 unspecified atom stereocenters. The maximum Gasteiger partial charge on any atom is 0.254 e. The average molecular weight is 349 g/mol. The summed E-state index contributed by atoms with van der Waals surface area (Å²) in [5.41, 5.74) is 8.99. The summed E-state index contributed by atoms with van der Waals surface area (Å²) in [6.45, 7) is 5.26. The van der Waals surface area contributed by atoms with E-state index < -0.39 is 0 Å². The summed E-state index contributed by atoms with van der Waals surface area (Å²) in [6.07, 6.45) is 0. The number of nitrogens with zero attached hydrogens (tertiary/aromatic N) is 1. The Kier molecular flexibility index (Phi) is 5.57. The third-order valence-electron chi connectivity index (χ3n) is 3.97. The Morgan fingerprint density at radius 2 is 1.92 bits per heavy atom. The van der Waals surface area contributed by atoms with Crippen LogP contribution in [0.5, 0.6) is 11.5 Å². The number of rotatable bonds is 4. The van der Waals surface area contributed by atoms with Crippen LogP contribution in [0.25, 0.3) is 0 Å². The highest BCUT2D eigenvalue weighted by Crippen LogP contribution is 2.33. The molecule has 6 heteroatoms. The number of hydrogen-bond donors (Lipinski definition) is 1. The highest BCUT2D eigenvalue weighted by Gasteiger charge is 2.19. The molecule has 0 saturated carbocycles. The summed E-state index contributed by atoms with van der Waals surface area (Å²) in [5.74, 6) is 1.45. The van der Waals surface area contributed by atoms with Crippen LogP contribution >= 0.6 is 12.4 Å². The normalized spacial score (nSPS) is 11.8. The van der Waals surface area contributed by atoms with Gasteiger partial charge in [-0.2, -0.15) is 0 Å². The number of halogens is 1. The minimum atomic E-state index is -0.0185. The predicted molar refractivity (Wildman–Crippen MR) is 95.8 cm³/mol. The molecule has 0 aromatic heterocycles. The van der Waals surface area contributed by atoms with Crippen LogP contribution in [-0.2, 0) is 6.54 Å². The number of hydrogen-bond acceptors (Lipinski definition) is 4. The van der Waals surface area contributed by atoms with Crippen molar-refractivity contribution in [3.05, 3.63) is 53.1 Å². The zero-order valence-corrected chi connectivity index (χ0v) is 14.6. The predicted octanol–water partition coefficient (Wildman–Crippen LogP) is 3.39. The standard InChI is InChI=1S/C18H20N2O3.ClH/c1-3-20(18(21)15-9-14(19)6-4-12(15)2)10-13-5-7-16-17(8-13)23-11-22-16;/h4-9H,3,10-11,19H2,1-2H3;1H. The van der Waals surface area contributed by atoms with Gasteiger partial charge >= 0.3 is 0 Å². The van der Waals surface area contributed by atoms with Gasteiger partial charge in [-0.3, -0.25) is 4.79 Å². The van der Waals surface area contributed by atoms with Crippen LogP contribution < -0.4 is 15.2 Å². The molecule has 3 rings (SSSR count). The van der Waals surface area contributed by atoms with Crippen molar-refractivity contribution in [2.45, 2.75) is 20.4 Å². The molecule has 0 bridgehead atoms. The Bertz CT molecular complexity index is 749. The first kappa shape index (κ1) is 17.9. The molecule has 5 nitrogen and oxygen atoms in total. The number of carbonyl (C=O) groups excluding carboxylic acids is 1. The van der Waals surface area contributed by atoms with Crippen molar-refractivity contribution < 1.29 is 14.3 Å². The molecular weight excluding hydrogens is 328 g/mol. The molecule has 2 aromatic carbocycles. The molecule has 24 heavy (non-hydrogen) atoms. The van der Waals surface area contributed by atoms with Crippen LogP contribution in [0, 0.1) is 6.92 Å². The van der Waals surface area contributed by atoms with Gasteiger partial charge in [-0.25, -0.2) is 0 Å². The molecular formula is C18H21ClN2O3. The summed E-state index contributed by atoms with van der Waals surface area (Å²) < 4.78 is 10.7. The number of aryl methyl sites for hydroxylation is 1. The smallest absolute Gasteiger partial charge is 0.254 e. The molecule has 1 aliphatic rings. The summed E-state index contributed by atoms with van der Waals surface area (Å²) in [7, 11) is 0. The molecule has 1 amide bonds. The second-order valence-corrected chi connectivity index (χ2v) is 5.58. The topological polar surface area (TPSA) is 64.8 Å². The summed E-state index contributed by atoms with van der Waals surface area (Å²) >= 11 is 0. The first-order valence-corrected chi connectivity index (χ1v) is 7.62. The fraction of sp³-hybridized carbons (Fsp3) is 0.278. The summed E-state index contributed by atoms with van der Waals surface area (Å²) in [6, 6.07) is 11.2. The molecule has 2 N–H and O–H groups in total. The first-order chi connectivity index (χ1) is 11.1. The number of nitrogens with two attached hydrogens (primary N) is 1. The zero-order chi connectivity index (χ0) is 16.4. The van der Waals surface area contributed by atoms with Gasteiger partial charge in [-0.1, -0.05) is 12.1 Å². The molecule has 0 fully saturated rings. The molecule has 2 aromatic rings. The van der Waals surface area contributed by atoms with Crippen molar-refractivity contribution in [3.63, 3.8) is 0 Å². The van der Waals surface area contributed by atoms with E-state index in [-0.39, 0.29) is 25.1 Å². The average Bonchev–Trinajstić information content (AvgIpc) is 3.02. The van der Waals surface area contributed by atoms with E-state index in [1.807, 2.05) is 38.1 Å². The van der Waals surface area contributed by atoms with Crippen molar-refractivity contribution in [1.29, 1.82) is 0 Å². The van der Waals surface area contributed by atoms with Gasteiger partial charge in [0.2, 0.25) is 6.79 Å². The lowest BCUT2D eigenvalue weighted by Gasteiger charge is -2.22. The van der Waals surface area contributed by atoms with E-state index in [4.69, 9.17) is 15.2 Å². The molecule has 0 spiro atoms. The highest BCUT2D eigenvalue weighted by atomic mass is 35.5. The third-order valence-corrected chi connectivity index (χ3v) is 3.97. The van der Waals surface area contributed by atoms with Gasteiger partial charge < -0.3 is 20.1 Å². The Balaban J connectivity index is 0.00000208. The van der Waals surface area contributed by atoms with Crippen molar-refractivity contribution in [2.24, 2.45) is 0 Å². The quantitative estimate of drug-likeness (QED) is 0.860. The Morgan fingerprint density at radius 3 is 2.67 bits per heavy atom. The monoisotopic (exact) mass is 348 g/mol. The van der Waals surface area contributed by atoms with E-state index in [1.54, 1.807) is 17.0 Å². The van der Waals surface area contributed by atoms with Crippen molar-refractivity contribution >= 4 is 24.0 Å². The minimum Gasteiger partial charge on any atom is -0.454 e. The number of fused-ring (bicyclic) bond motifs is 1. The molecule has 1 heterocycles. The van der Waals surface area contributed by atoms with Crippen LogP contribution in [0.3, 0.4) is 0 Å². The van der Waals surface area contributed by atoms with Crippen LogP contribution in [-0.4, -0.2) is 24.1 Å². The number of anilines is 1. The van der Waals surface area contributed by atoms with Crippen molar-refractivity contribution in [1.82, 2.24) is 4.90 Å². The third kappa shape index (κ3) is 3.57. The lowest BCUT2D eigenvalue weighted by atomic mass is 10.1. The lowest BCUT2D eigenvalue weighted by molar-refractivity contribution is 0.0751. The second kappa shape index (κ2) is 7.45. The molecule has 0 radical (unpaired) electrons. The second-order valence-electron chi connectivity index (χ2n) is 5.58. The van der Waals surface area contributed by atoms with Crippen molar-refractivity contribution in [2.75, 3.05) is 19.1 Å². The van der Waals surface area contributed by atoms with E-state index in [0.29, 0.717) is 24.3 Å². The number of benzene rings is 2. The van der Waals surface area contributed by atoms with Gasteiger partial charge in [0.15, 0.2) is 11.5 Å². The van der Waals surface area contributed by atoms with Gasteiger partial charge in [0.05, 0.1) is 0 Å². The molecule has 0 atom stereocenters. The number of nitrogen functional groups attached to an aromatic ring is 1. The van der Waals surface area contributed by atoms with Crippen LogP contribution in [0.15, 0.2) is 36.4 Å². The Labute approximate surface area is 147 Å². The fourth-order valence-electron chi connectivity index (χ4n) is 2.63. The number of amides is 1. The molecule has 0 saturated heterocycles. The van der Waals surface area contributed by atoms with E-state index >= 15 is 0 Å². The van der Waals surface area contributed by atoms with Crippen LogP contribution in [0.1, 0.15) is 28.4 Å². The van der Waals surface area contributed by atoms with E-state index in [1.165, 1.54) is 0 Å².